The topological polar surface area (TPSA) is 67.4 Å². The van der Waals surface area contributed by atoms with Crippen LogP contribution in [0.15, 0.2) is 35.7 Å². The van der Waals surface area contributed by atoms with E-state index in [9.17, 15) is 9.59 Å². The lowest BCUT2D eigenvalue weighted by atomic mass is 10.3. The first kappa shape index (κ1) is 17.6. The van der Waals surface area contributed by atoms with Gasteiger partial charge in [-0.3, -0.25) is 10.1 Å². The fourth-order valence-electron chi connectivity index (χ4n) is 1.70. The maximum absolute atomic E-state index is 11.6. The van der Waals surface area contributed by atoms with Gasteiger partial charge in [-0.15, -0.1) is 11.3 Å². The molecule has 1 aromatic carbocycles. The van der Waals surface area contributed by atoms with Gasteiger partial charge in [-0.1, -0.05) is 35.3 Å². The Labute approximate surface area is 147 Å². The molecule has 2 rings (SSSR count). The molecule has 0 bridgehead atoms. The van der Waals surface area contributed by atoms with Crippen molar-refractivity contribution in [2.24, 2.45) is 0 Å². The summed E-state index contributed by atoms with van der Waals surface area (Å²) in [5.74, 6) is -0.290. The molecular formula is C15H14Cl2N2O3S. The van der Waals surface area contributed by atoms with Crippen molar-refractivity contribution in [2.45, 2.75) is 6.42 Å². The van der Waals surface area contributed by atoms with Gasteiger partial charge >= 0.3 is 6.03 Å². The Morgan fingerprint density at radius 2 is 2.00 bits per heavy atom. The van der Waals surface area contributed by atoms with E-state index < -0.39 is 11.9 Å². The van der Waals surface area contributed by atoms with Crippen LogP contribution in [0.3, 0.4) is 0 Å². The third-order valence-corrected chi connectivity index (χ3v) is 4.50. The van der Waals surface area contributed by atoms with E-state index in [0.29, 0.717) is 18.0 Å². The lowest BCUT2D eigenvalue weighted by Crippen LogP contribution is -2.42. The molecule has 5 nitrogen and oxygen atoms in total. The van der Waals surface area contributed by atoms with Crippen molar-refractivity contribution in [1.82, 2.24) is 10.6 Å². The number of ether oxygens (including phenoxy) is 1. The van der Waals surface area contributed by atoms with Crippen molar-refractivity contribution < 1.29 is 14.3 Å². The van der Waals surface area contributed by atoms with Crippen LogP contribution in [-0.2, 0) is 11.2 Å². The molecule has 8 heteroatoms. The molecular weight excluding hydrogens is 359 g/mol. The van der Waals surface area contributed by atoms with Crippen molar-refractivity contribution in [3.63, 3.8) is 0 Å². The number of hydrogen-bond acceptors (Lipinski definition) is 4. The maximum atomic E-state index is 11.6. The highest BCUT2D eigenvalue weighted by molar-refractivity contribution is 7.09. The summed E-state index contributed by atoms with van der Waals surface area (Å²) in [4.78, 5) is 24.4. The summed E-state index contributed by atoms with van der Waals surface area (Å²) in [6.45, 7) is 0.110. The molecule has 0 saturated carbocycles. The molecule has 2 N–H and O–H groups in total. The Morgan fingerprint density at radius 3 is 2.74 bits per heavy atom. The normalized spacial score (nSPS) is 10.2. The van der Waals surface area contributed by atoms with Gasteiger partial charge in [0.15, 0.2) is 6.61 Å². The van der Waals surface area contributed by atoms with Gasteiger partial charge in [-0.25, -0.2) is 4.79 Å². The molecule has 0 atom stereocenters. The van der Waals surface area contributed by atoms with Crippen LogP contribution >= 0.6 is 34.5 Å². The summed E-state index contributed by atoms with van der Waals surface area (Å²) >= 11 is 13.4. The number of amides is 3. The summed E-state index contributed by atoms with van der Waals surface area (Å²) in [7, 11) is 0. The number of urea groups is 1. The molecule has 0 saturated heterocycles. The highest BCUT2D eigenvalue weighted by atomic mass is 35.5. The molecule has 0 aliphatic rings. The van der Waals surface area contributed by atoms with Crippen LogP contribution in [0.1, 0.15) is 4.88 Å². The minimum atomic E-state index is -0.574. The maximum Gasteiger partial charge on any atom is 0.321 e. The number of halogens is 2. The summed E-state index contributed by atoms with van der Waals surface area (Å²) in [6.07, 6.45) is 0.716. The number of carbonyl (C=O) groups is 2. The van der Waals surface area contributed by atoms with Crippen LogP contribution < -0.4 is 15.4 Å². The molecule has 0 aliphatic carbocycles. The largest absolute Gasteiger partial charge is 0.482 e. The first-order valence-electron chi connectivity index (χ1n) is 6.73. The molecule has 1 heterocycles. The number of thiophene rings is 1. The second-order valence-electron chi connectivity index (χ2n) is 4.47. The monoisotopic (exact) mass is 372 g/mol. The van der Waals surface area contributed by atoms with Crippen LogP contribution in [0.25, 0.3) is 0 Å². The first-order valence-corrected chi connectivity index (χ1v) is 8.36. The predicted octanol–water partition coefficient (Wildman–Crippen LogP) is 3.50. The highest BCUT2D eigenvalue weighted by Crippen LogP contribution is 2.31. The van der Waals surface area contributed by atoms with Crippen molar-refractivity contribution in [1.29, 1.82) is 0 Å². The number of benzene rings is 1. The number of hydrogen-bond donors (Lipinski definition) is 2. The zero-order chi connectivity index (χ0) is 16.7. The average Bonchev–Trinajstić information content (AvgIpc) is 3.02. The summed E-state index contributed by atoms with van der Waals surface area (Å²) in [5.41, 5.74) is 0. The first-order chi connectivity index (χ1) is 11.1. The van der Waals surface area contributed by atoms with Crippen LogP contribution in [-0.4, -0.2) is 25.1 Å². The second-order valence-corrected chi connectivity index (χ2v) is 6.29. The van der Waals surface area contributed by atoms with Crippen LogP contribution in [0.2, 0.25) is 10.0 Å². The van der Waals surface area contributed by atoms with Crippen molar-refractivity contribution >= 4 is 46.5 Å². The van der Waals surface area contributed by atoms with E-state index in [1.54, 1.807) is 29.5 Å². The molecule has 1 aromatic heterocycles. The molecule has 0 aliphatic heterocycles. The number of nitrogens with one attached hydrogen (secondary N) is 2. The fraction of sp³-hybridized carbons (Fsp3) is 0.200. The summed E-state index contributed by atoms with van der Waals surface area (Å²) < 4.78 is 5.24. The van der Waals surface area contributed by atoms with E-state index >= 15 is 0 Å². The van der Waals surface area contributed by atoms with Gasteiger partial charge in [0.2, 0.25) is 0 Å². The van der Waals surface area contributed by atoms with Gasteiger partial charge < -0.3 is 10.1 Å². The molecule has 2 aromatic rings. The third-order valence-electron chi connectivity index (χ3n) is 2.76. The van der Waals surface area contributed by atoms with E-state index in [-0.39, 0.29) is 17.4 Å². The zero-order valence-electron chi connectivity index (χ0n) is 12.0. The molecule has 0 fully saturated rings. The Balaban J connectivity index is 1.69. The number of imide groups is 1. The van der Waals surface area contributed by atoms with E-state index in [2.05, 4.69) is 10.6 Å². The number of carbonyl (C=O) groups excluding carboxylic acids is 2. The van der Waals surface area contributed by atoms with Crippen molar-refractivity contribution in [3.8, 4) is 5.75 Å². The summed E-state index contributed by atoms with van der Waals surface area (Å²) in [6, 6.07) is 8.21. The van der Waals surface area contributed by atoms with Crippen LogP contribution in [0.4, 0.5) is 4.79 Å². The molecule has 3 amide bonds. The minimum absolute atomic E-state index is 0.224. The zero-order valence-corrected chi connectivity index (χ0v) is 14.3. The quantitative estimate of drug-likeness (QED) is 0.815. The second kappa shape index (κ2) is 8.76. The van der Waals surface area contributed by atoms with E-state index in [0.717, 1.165) is 4.88 Å². The molecule has 0 spiro atoms. The lowest BCUT2D eigenvalue weighted by molar-refractivity contribution is -0.122. The van der Waals surface area contributed by atoms with Crippen molar-refractivity contribution in [2.75, 3.05) is 13.2 Å². The smallest absolute Gasteiger partial charge is 0.321 e. The van der Waals surface area contributed by atoms with Crippen LogP contribution in [0.5, 0.6) is 5.75 Å². The SMILES string of the molecule is O=C(COc1cccc(Cl)c1Cl)NC(=O)NCCc1cccs1. The van der Waals surface area contributed by atoms with Gasteiger partial charge in [0.1, 0.15) is 10.8 Å². The molecule has 0 radical (unpaired) electrons. The minimum Gasteiger partial charge on any atom is -0.482 e. The third kappa shape index (κ3) is 5.74. The van der Waals surface area contributed by atoms with Crippen LogP contribution in [0, 0.1) is 0 Å². The predicted molar refractivity (Wildman–Crippen MR) is 91.5 cm³/mol. The molecule has 0 unspecified atom stereocenters. The highest BCUT2D eigenvalue weighted by Gasteiger charge is 2.10. The van der Waals surface area contributed by atoms with Gasteiger partial charge in [0, 0.05) is 11.4 Å². The standard InChI is InChI=1S/C15H14Cl2N2O3S/c16-11-4-1-5-12(14(11)17)22-9-13(20)19-15(21)18-7-6-10-3-2-8-23-10/h1-5,8H,6-7,9H2,(H2,18,19,20,21). The van der Waals surface area contributed by atoms with Gasteiger partial charge in [0.25, 0.3) is 5.91 Å². The Hall–Kier alpha value is -1.76. The Bertz CT molecular complexity index is 677. The average molecular weight is 373 g/mol. The van der Waals surface area contributed by atoms with Gasteiger partial charge in [-0.2, -0.15) is 0 Å². The fourth-order valence-corrected chi connectivity index (χ4v) is 2.76. The Morgan fingerprint density at radius 1 is 1.17 bits per heavy atom. The summed E-state index contributed by atoms with van der Waals surface area (Å²) in [5, 5.41) is 7.30. The lowest BCUT2D eigenvalue weighted by Gasteiger charge is -2.09. The van der Waals surface area contributed by atoms with E-state index in [1.807, 2.05) is 17.5 Å². The molecule has 122 valence electrons. The Kier molecular flexibility index (Phi) is 6.70. The van der Waals surface area contributed by atoms with E-state index in [1.165, 1.54) is 0 Å². The van der Waals surface area contributed by atoms with Gasteiger partial charge in [0.05, 0.1) is 5.02 Å². The van der Waals surface area contributed by atoms with Gasteiger partial charge in [-0.05, 0) is 30.0 Å². The molecule has 23 heavy (non-hydrogen) atoms. The van der Waals surface area contributed by atoms with Crippen molar-refractivity contribution in [3.05, 3.63) is 50.6 Å². The van der Waals surface area contributed by atoms with E-state index in [4.69, 9.17) is 27.9 Å². The number of rotatable bonds is 6.